The lowest BCUT2D eigenvalue weighted by molar-refractivity contribution is 0.415. The van der Waals surface area contributed by atoms with E-state index in [9.17, 15) is 0 Å². The molecule has 0 spiro atoms. The second kappa shape index (κ2) is 7.21. The number of halogens is 1. The van der Waals surface area contributed by atoms with E-state index in [1.165, 1.54) is 5.56 Å². The van der Waals surface area contributed by atoms with Crippen LogP contribution in [0.4, 0.5) is 11.4 Å². The molecule has 0 atom stereocenters. The van der Waals surface area contributed by atoms with Gasteiger partial charge in [-0.15, -0.1) is 0 Å². The molecule has 0 aliphatic heterocycles. The number of benzene rings is 3. The number of nitrogens with zero attached hydrogens (tertiary/aromatic N) is 1. The highest BCUT2D eigenvalue weighted by Gasteiger charge is 2.10. The van der Waals surface area contributed by atoms with E-state index in [1.54, 1.807) is 7.11 Å². The average molecular weight is 323 g/mol. The zero-order valence-corrected chi connectivity index (χ0v) is 13.6. The van der Waals surface area contributed by atoms with Gasteiger partial charge in [0.05, 0.1) is 7.11 Å². The summed E-state index contributed by atoms with van der Waals surface area (Å²) in [6, 6.07) is 27.1. The van der Waals surface area contributed by atoms with Crippen molar-refractivity contribution in [2.45, 2.75) is 6.54 Å². The third-order valence-electron chi connectivity index (χ3n) is 3.63. The normalized spacial score (nSPS) is 10.3. The number of methoxy groups -OCH3 is 1. The van der Waals surface area contributed by atoms with E-state index in [2.05, 4.69) is 29.2 Å². The molecule has 0 aliphatic carbocycles. The van der Waals surface area contributed by atoms with Gasteiger partial charge in [0.25, 0.3) is 0 Å². The highest BCUT2D eigenvalue weighted by Crippen LogP contribution is 2.30. The minimum absolute atomic E-state index is 0.733. The summed E-state index contributed by atoms with van der Waals surface area (Å²) in [5, 5.41) is 0.733. The number of rotatable bonds is 5. The van der Waals surface area contributed by atoms with Crippen LogP contribution in [0.25, 0.3) is 0 Å². The molecule has 0 aliphatic rings. The smallest absolute Gasteiger partial charge is 0.119 e. The summed E-state index contributed by atoms with van der Waals surface area (Å²) in [4.78, 5) is 2.24. The predicted octanol–water partition coefficient (Wildman–Crippen LogP) is 5.49. The van der Waals surface area contributed by atoms with E-state index in [0.29, 0.717) is 0 Å². The highest BCUT2D eigenvalue weighted by molar-refractivity contribution is 6.30. The molecule has 115 valence electrons. The Morgan fingerprint density at radius 1 is 0.957 bits per heavy atom. The fourth-order valence-electron chi connectivity index (χ4n) is 2.43. The zero-order valence-electron chi connectivity index (χ0n) is 12.9. The molecule has 0 unspecified atom stereocenters. The molecule has 0 aromatic heterocycles. The van der Waals surface area contributed by atoms with Gasteiger partial charge in [0.1, 0.15) is 5.75 Å². The molecule has 0 heterocycles. The number of hydrogen-bond donors (Lipinski definition) is 0. The first-order chi connectivity index (χ1) is 11.3. The minimum Gasteiger partial charge on any atom is -0.497 e. The Hall–Kier alpha value is -2.45. The molecule has 3 rings (SSSR count). The Kier molecular flexibility index (Phi) is 4.84. The van der Waals surface area contributed by atoms with Crippen molar-refractivity contribution in [3.05, 3.63) is 89.4 Å². The topological polar surface area (TPSA) is 12.5 Å². The molecule has 3 aromatic rings. The Morgan fingerprint density at radius 3 is 2.17 bits per heavy atom. The van der Waals surface area contributed by atoms with Crippen LogP contribution in [0.15, 0.2) is 72.8 Å². The van der Waals surface area contributed by atoms with E-state index in [-0.39, 0.29) is 0 Å². The fraction of sp³-hybridized carbons (Fsp3) is 0.100. The van der Waals surface area contributed by atoms with E-state index in [4.69, 9.17) is 16.3 Å². The zero-order chi connectivity index (χ0) is 16.1. The van der Waals surface area contributed by atoms with Crippen LogP contribution < -0.4 is 9.64 Å². The maximum absolute atomic E-state index is 6.02. The molecule has 3 aromatic carbocycles. The van der Waals surface area contributed by atoms with Gasteiger partial charge in [-0.25, -0.2) is 0 Å². The Balaban J connectivity index is 1.96. The summed E-state index contributed by atoms with van der Waals surface area (Å²) >= 11 is 6.02. The summed E-state index contributed by atoms with van der Waals surface area (Å²) in [5.74, 6) is 0.845. The van der Waals surface area contributed by atoms with Gasteiger partial charge in [0.15, 0.2) is 0 Å². The van der Waals surface area contributed by atoms with Crippen molar-refractivity contribution in [2.75, 3.05) is 12.0 Å². The van der Waals surface area contributed by atoms with Gasteiger partial charge >= 0.3 is 0 Å². The van der Waals surface area contributed by atoms with Crippen LogP contribution in [0, 0.1) is 6.07 Å². The first-order valence-electron chi connectivity index (χ1n) is 7.38. The van der Waals surface area contributed by atoms with Crippen LogP contribution >= 0.6 is 11.6 Å². The Morgan fingerprint density at radius 2 is 1.61 bits per heavy atom. The van der Waals surface area contributed by atoms with Crippen molar-refractivity contribution in [3.8, 4) is 5.75 Å². The molecular weight excluding hydrogens is 306 g/mol. The summed E-state index contributed by atoms with van der Waals surface area (Å²) in [7, 11) is 1.67. The fourth-order valence-corrected chi connectivity index (χ4v) is 2.55. The van der Waals surface area contributed by atoms with Gasteiger partial charge in [0.2, 0.25) is 0 Å². The maximum atomic E-state index is 6.02. The van der Waals surface area contributed by atoms with Gasteiger partial charge in [0, 0.05) is 22.9 Å². The molecule has 0 fully saturated rings. The van der Waals surface area contributed by atoms with Crippen LogP contribution in [-0.2, 0) is 6.54 Å². The van der Waals surface area contributed by atoms with Crippen LogP contribution in [0.2, 0.25) is 5.02 Å². The van der Waals surface area contributed by atoms with Gasteiger partial charge in [-0.05, 0) is 66.2 Å². The van der Waals surface area contributed by atoms with Crippen molar-refractivity contribution >= 4 is 23.0 Å². The van der Waals surface area contributed by atoms with Crippen molar-refractivity contribution < 1.29 is 4.74 Å². The molecule has 0 N–H and O–H groups in total. The predicted molar refractivity (Wildman–Crippen MR) is 95.6 cm³/mol. The SMILES string of the molecule is COc1ccc(N(Cc2c[c]ccc2)c2ccc(Cl)cc2)cc1. The van der Waals surface area contributed by atoms with E-state index in [0.717, 1.165) is 28.7 Å². The molecule has 0 bridgehead atoms. The van der Waals surface area contributed by atoms with E-state index < -0.39 is 0 Å². The largest absolute Gasteiger partial charge is 0.497 e. The molecule has 1 radical (unpaired) electrons. The van der Waals surface area contributed by atoms with E-state index >= 15 is 0 Å². The first-order valence-corrected chi connectivity index (χ1v) is 7.76. The lowest BCUT2D eigenvalue weighted by Gasteiger charge is -2.25. The van der Waals surface area contributed by atoms with Crippen molar-refractivity contribution in [1.82, 2.24) is 0 Å². The summed E-state index contributed by atoms with van der Waals surface area (Å²) < 4.78 is 5.25. The first kappa shape index (κ1) is 15.4. The lowest BCUT2D eigenvalue weighted by Crippen LogP contribution is -2.16. The van der Waals surface area contributed by atoms with Crippen LogP contribution in [0.3, 0.4) is 0 Å². The van der Waals surface area contributed by atoms with Gasteiger partial charge < -0.3 is 9.64 Å². The number of ether oxygens (including phenoxy) is 1. The third-order valence-corrected chi connectivity index (χ3v) is 3.89. The third kappa shape index (κ3) is 3.85. The number of hydrogen-bond acceptors (Lipinski definition) is 2. The second-order valence-corrected chi connectivity index (χ2v) is 5.61. The molecule has 23 heavy (non-hydrogen) atoms. The average Bonchev–Trinajstić information content (AvgIpc) is 2.62. The highest BCUT2D eigenvalue weighted by atomic mass is 35.5. The monoisotopic (exact) mass is 322 g/mol. The minimum atomic E-state index is 0.733. The van der Waals surface area contributed by atoms with Crippen LogP contribution in [0.5, 0.6) is 5.75 Å². The van der Waals surface area contributed by atoms with Gasteiger partial charge in [-0.1, -0.05) is 29.8 Å². The summed E-state index contributed by atoms with van der Waals surface area (Å²) in [6.45, 7) is 0.755. The van der Waals surface area contributed by atoms with E-state index in [1.807, 2.05) is 54.6 Å². The molecule has 0 amide bonds. The molecule has 0 saturated heterocycles. The maximum Gasteiger partial charge on any atom is 0.119 e. The Labute approximate surface area is 141 Å². The molecule has 2 nitrogen and oxygen atoms in total. The van der Waals surface area contributed by atoms with Crippen molar-refractivity contribution in [1.29, 1.82) is 0 Å². The van der Waals surface area contributed by atoms with Crippen LogP contribution in [-0.4, -0.2) is 7.11 Å². The van der Waals surface area contributed by atoms with Gasteiger partial charge in [-0.3, -0.25) is 0 Å². The summed E-state index contributed by atoms with van der Waals surface area (Å²) in [6.07, 6.45) is 0. The lowest BCUT2D eigenvalue weighted by atomic mass is 10.1. The number of anilines is 2. The van der Waals surface area contributed by atoms with Gasteiger partial charge in [-0.2, -0.15) is 0 Å². The second-order valence-electron chi connectivity index (χ2n) is 5.17. The molecule has 0 saturated carbocycles. The molecular formula is C20H17ClNO. The Bertz CT molecular complexity index is 739. The van der Waals surface area contributed by atoms with Crippen molar-refractivity contribution in [2.24, 2.45) is 0 Å². The van der Waals surface area contributed by atoms with Crippen molar-refractivity contribution in [3.63, 3.8) is 0 Å². The quantitative estimate of drug-likeness (QED) is 0.616. The standard InChI is InChI=1S/C20H17ClNO/c1-23-20-13-11-19(12-14-20)22(15-16-5-3-2-4-6-16)18-9-7-17(21)8-10-18/h2-3,5-14H,15H2,1H3. The summed E-state index contributed by atoms with van der Waals surface area (Å²) in [5.41, 5.74) is 3.37. The van der Waals surface area contributed by atoms with Crippen LogP contribution in [0.1, 0.15) is 5.56 Å². The molecule has 3 heteroatoms.